The zero-order valence-electron chi connectivity index (χ0n) is 18.8. The molecule has 0 aliphatic carbocycles. The second-order valence-electron chi connectivity index (χ2n) is 9.11. The molecule has 0 atom stereocenters. The Morgan fingerprint density at radius 3 is 2.18 bits per heavy atom. The maximum Gasteiger partial charge on any atom is 0.256 e. The van der Waals surface area contributed by atoms with E-state index in [2.05, 4.69) is 35.5 Å². The van der Waals surface area contributed by atoms with Gasteiger partial charge in [0.1, 0.15) is 0 Å². The molecular formula is C25H25N3O4S. The summed E-state index contributed by atoms with van der Waals surface area (Å²) in [5.74, 6) is 0. The van der Waals surface area contributed by atoms with E-state index in [1.54, 1.807) is 42.6 Å². The van der Waals surface area contributed by atoms with Crippen LogP contribution in [0.5, 0.6) is 0 Å². The Labute approximate surface area is 191 Å². The van der Waals surface area contributed by atoms with E-state index in [0.717, 1.165) is 22.8 Å². The predicted octanol–water partition coefficient (Wildman–Crippen LogP) is 4.22. The summed E-state index contributed by atoms with van der Waals surface area (Å²) >= 11 is 0. The Hall–Kier alpha value is -3.65. The van der Waals surface area contributed by atoms with Crippen molar-refractivity contribution < 1.29 is 8.42 Å². The molecular weight excluding hydrogens is 438 g/mol. The molecule has 0 spiro atoms. The Kier molecular flexibility index (Phi) is 5.49. The van der Waals surface area contributed by atoms with Gasteiger partial charge in [0.2, 0.25) is 10.0 Å². The van der Waals surface area contributed by atoms with Gasteiger partial charge in [0, 0.05) is 28.7 Å². The molecule has 0 saturated carbocycles. The van der Waals surface area contributed by atoms with Gasteiger partial charge in [-0.05, 0) is 58.3 Å². The third-order valence-corrected chi connectivity index (χ3v) is 6.02. The smallest absolute Gasteiger partial charge is 0.256 e. The lowest BCUT2D eigenvalue weighted by molar-refractivity contribution is 0.591. The van der Waals surface area contributed by atoms with Crippen molar-refractivity contribution in [2.24, 2.45) is 0 Å². The SMILES string of the molecule is CC(C)(C)c1cc(-c2ccc[nH]c2=O)c2c(=O)[nH]c(-c3ccc(NS(C)(=O)=O)cc3)cc2c1. The van der Waals surface area contributed by atoms with Crippen LogP contribution < -0.4 is 15.8 Å². The van der Waals surface area contributed by atoms with Crippen molar-refractivity contribution in [1.29, 1.82) is 0 Å². The Balaban J connectivity index is 1.94. The summed E-state index contributed by atoms with van der Waals surface area (Å²) in [6, 6.07) is 16.0. The van der Waals surface area contributed by atoms with Crippen LogP contribution >= 0.6 is 0 Å². The van der Waals surface area contributed by atoms with Gasteiger partial charge in [-0.3, -0.25) is 14.3 Å². The van der Waals surface area contributed by atoms with Crippen molar-refractivity contribution in [2.75, 3.05) is 11.0 Å². The van der Waals surface area contributed by atoms with Gasteiger partial charge in [0.05, 0.1) is 11.6 Å². The number of anilines is 1. The van der Waals surface area contributed by atoms with Crippen molar-refractivity contribution in [1.82, 2.24) is 9.97 Å². The third-order valence-electron chi connectivity index (χ3n) is 5.42. The number of pyridine rings is 2. The normalized spacial score (nSPS) is 12.1. The highest BCUT2D eigenvalue weighted by Crippen LogP contribution is 2.33. The van der Waals surface area contributed by atoms with E-state index in [-0.39, 0.29) is 16.5 Å². The summed E-state index contributed by atoms with van der Waals surface area (Å²) in [5.41, 5.74) is 3.00. The van der Waals surface area contributed by atoms with E-state index in [4.69, 9.17) is 0 Å². The molecule has 0 bridgehead atoms. The van der Waals surface area contributed by atoms with Crippen molar-refractivity contribution in [3.8, 4) is 22.4 Å². The fourth-order valence-corrected chi connectivity index (χ4v) is 4.34. The second kappa shape index (κ2) is 8.04. The fourth-order valence-electron chi connectivity index (χ4n) is 3.77. The quantitative estimate of drug-likeness (QED) is 0.421. The van der Waals surface area contributed by atoms with Crippen LogP contribution in [0.4, 0.5) is 5.69 Å². The molecule has 3 N–H and O–H groups in total. The van der Waals surface area contributed by atoms with Crippen LogP contribution in [0, 0.1) is 0 Å². The van der Waals surface area contributed by atoms with Crippen molar-refractivity contribution in [3.05, 3.63) is 87.1 Å². The molecule has 0 aliphatic heterocycles. The lowest BCUT2D eigenvalue weighted by Crippen LogP contribution is -2.16. The van der Waals surface area contributed by atoms with Crippen molar-refractivity contribution in [3.63, 3.8) is 0 Å². The van der Waals surface area contributed by atoms with Crippen LogP contribution in [0.3, 0.4) is 0 Å². The summed E-state index contributed by atoms with van der Waals surface area (Å²) < 4.78 is 25.3. The van der Waals surface area contributed by atoms with Crippen molar-refractivity contribution >= 4 is 26.5 Å². The largest absolute Gasteiger partial charge is 0.329 e. The molecule has 0 aliphatic rings. The van der Waals surface area contributed by atoms with Crippen LogP contribution in [0.25, 0.3) is 33.2 Å². The highest BCUT2D eigenvalue weighted by Gasteiger charge is 2.20. The Morgan fingerprint density at radius 2 is 1.58 bits per heavy atom. The summed E-state index contributed by atoms with van der Waals surface area (Å²) in [7, 11) is -3.38. The number of aromatic nitrogens is 2. The van der Waals surface area contributed by atoms with E-state index in [1.807, 2.05) is 18.2 Å². The molecule has 0 amide bonds. The second-order valence-corrected chi connectivity index (χ2v) is 10.9. The minimum absolute atomic E-state index is 0.202. The number of sulfonamides is 1. The molecule has 8 heteroatoms. The number of nitrogens with one attached hydrogen (secondary N) is 3. The molecule has 2 aromatic carbocycles. The van der Waals surface area contributed by atoms with Gasteiger partial charge >= 0.3 is 0 Å². The Bertz CT molecular complexity index is 1580. The monoisotopic (exact) mass is 463 g/mol. The van der Waals surface area contributed by atoms with Crippen LogP contribution in [0.2, 0.25) is 0 Å². The van der Waals surface area contributed by atoms with E-state index in [1.165, 1.54) is 0 Å². The van der Waals surface area contributed by atoms with Gasteiger partial charge < -0.3 is 9.97 Å². The topological polar surface area (TPSA) is 112 Å². The minimum atomic E-state index is -3.38. The Morgan fingerprint density at radius 1 is 0.879 bits per heavy atom. The zero-order valence-corrected chi connectivity index (χ0v) is 19.6. The van der Waals surface area contributed by atoms with E-state index >= 15 is 0 Å². The summed E-state index contributed by atoms with van der Waals surface area (Å²) in [6.45, 7) is 6.23. The van der Waals surface area contributed by atoms with Gasteiger partial charge in [0.15, 0.2) is 0 Å². The van der Waals surface area contributed by atoms with Gasteiger partial charge in [-0.25, -0.2) is 8.42 Å². The van der Waals surface area contributed by atoms with E-state index in [9.17, 15) is 18.0 Å². The molecule has 0 saturated heterocycles. The minimum Gasteiger partial charge on any atom is -0.329 e. The third kappa shape index (κ3) is 4.75. The summed E-state index contributed by atoms with van der Waals surface area (Å²) in [6.07, 6.45) is 2.65. The molecule has 2 aromatic heterocycles. The lowest BCUT2D eigenvalue weighted by atomic mass is 9.83. The average Bonchev–Trinajstić information content (AvgIpc) is 2.72. The molecule has 0 unspecified atom stereocenters. The van der Waals surface area contributed by atoms with Crippen LogP contribution in [-0.4, -0.2) is 24.6 Å². The first-order valence-electron chi connectivity index (χ1n) is 10.4. The number of aromatic amines is 2. The highest BCUT2D eigenvalue weighted by molar-refractivity contribution is 7.92. The number of fused-ring (bicyclic) bond motifs is 1. The van der Waals surface area contributed by atoms with Crippen LogP contribution in [-0.2, 0) is 15.4 Å². The summed E-state index contributed by atoms with van der Waals surface area (Å²) in [5, 5.41) is 1.16. The maximum atomic E-state index is 13.2. The number of rotatable bonds is 4. The predicted molar refractivity (Wildman–Crippen MR) is 133 cm³/mol. The first kappa shape index (κ1) is 22.5. The van der Waals surface area contributed by atoms with Gasteiger partial charge in [0.25, 0.3) is 11.1 Å². The first-order valence-corrected chi connectivity index (χ1v) is 12.3. The van der Waals surface area contributed by atoms with Crippen LogP contribution in [0.1, 0.15) is 26.3 Å². The van der Waals surface area contributed by atoms with Gasteiger partial charge in [-0.15, -0.1) is 0 Å². The number of hydrogen-bond acceptors (Lipinski definition) is 4. The zero-order chi connectivity index (χ0) is 24.0. The molecule has 170 valence electrons. The number of H-pyrrole nitrogens is 2. The average molecular weight is 464 g/mol. The molecule has 7 nitrogen and oxygen atoms in total. The first-order chi connectivity index (χ1) is 15.4. The molecule has 4 aromatic rings. The highest BCUT2D eigenvalue weighted by atomic mass is 32.2. The molecule has 4 rings (SSSR count). The molecule has 0 radical (unpaired) electrons. The molecule has 33 heavy (non-hydrogen) atoms. The van der Waals surface area contributed by atoms with Gasteiger partial charge in [-0.1, -0.05) is 39.0 Å². The fraction of sp³-hybridized carbons (Fsp3) is 0.200. The van der Waals surface area contributed by atoms with Crippen LogP contribution in [0.15, 0.2) is 70.4 Å². The molecule has 2 heterocycles. The van der Waals surface area contributed by atoms with E-state index < -0.39 is 10.0 Å². The number of hydrogen-bond donors (Lipinski definition) is 3. The summed E-state index contributed by atoms with van der Waals surface area (Å²) in [4.78, 5) is 31.4. The van der Waals surface area contributed by atoms with E-state index in [0.29, 0.717) is 27.9 Å². The maximum absolute atomic E-state index is 13.2. The van der Waals surface area contributed by atoms with Crippen molar-refractivity contribution in [2.45, 2.75) is 26.2 Å². The standard InChI is InChI=1S/C25H25N3O4S/c1-25(2,3)17-12-16-13-21(15-7-9-18(10-8-15)28-33(4,31)32)27-24(30)22(16)20(14-17)19-6-5-11-26-23(19)29/h5-14,28H,1-4H3,(H,26,29)(H,27,30). The number of benzene rings is 2. The molecule has 0 fully saturated rings. The van der Waals surface area contributed by atoms with Gasteiger partial charge in [-0.2, -0.15) is 0 Å². The lowest BCUT2D eigenvalue weighted by Gasteiger charge is -2.21.